The molecule has 0 unspecified atom stereocenters. The molecule has 0 bridgehead atoms. The topological polar surface area (TPSA) is 100 Å². The first-order chi connectivity index (χ1) is 10.3. The zero-order chi connectivity index (χ0) is 16.3. The van der Waals surface area contributed by atoms with Crippen molar-refractivity contribution in [1.82, 2.24) is 10.6 Å². The minimum atomic E-state index is -0.636. The summed E-state index contributed by atoms with van der Waals surface area (Å²) in [4.78, 5) is 24.3. The lowest BCUT2D eigenvalue weighted by Gasteiger charge is -2.20. The van der Waals surface area contributed by atoms with Gasteiger partial charge in [0.2, 0.25) is 5.91 Å². The molecule has 2 amide bonds. The Morgan fingerprint density at radius 1 is 1.50 bits per heavy atom. The summed E-state index contributed by atoms with van der Waals surface area (Å²) in [7, 11) is 0. The highest BCUT2D eigenvalue weighted by Crippen LogP contribution is 2.35. The molecule has 1 heterocycles. The molecule has 0 radical (unpaired) electrons. The largest absolute Gasteiger partial charge is 0.444 e. The molecule has 7 nitrogen and oxygen atoms in total. The number of carbonyl (C=O) groups is 2. The molecule has 3 N–H and O–H groups in total. The first-order valence-corrected chi connectivity index (χ1v) is 7.73. The Morgan fingerprint density at radius 2 is 2.23 bits per heavy atom. The summed E-state index contributed by atoms with van der Waals surface area (Å²) >= 11 is 1.47. The number of oxime groups is 1. The van der Waals surface area contributed by atoms with Crippen LogP contribution in [0.4, 0.5) is 4.79 Å². The van der Waals surface area contributed by atoms with Gasteiger partial charge in [0.05, 0.1) is 16.6 Å². The average Bonchev–Trinajstić information content (AvgIpc) is 2.98. The second kappa shape index (κ2) is 6.35. The summed E-state index contributed by atoms with van der Waals surface area (Å²) in [6, 6.07) is 1.66. The first kappa shape index (κ1) is 16.3. The molecule has 1 aliphatic carbocycles. The number of nitrogens with one attached hydrogen (secondary N) is 2. The Kier molecular flexibility index (Phi) is 4.70. The predicted octanol–water partition coefficient (Wildman–Crippen LogP) is 2.01. The van der Waals surface area contributed by atoms with E-state index < -0.39 is 11.7 Å². The highest BCUT2D eigenvalue weighted by Gasteiger charge is 2.30. The van der Waals surface area contributed by atoms with Gasteiger partial charge >= 0.3 is 6.09 Å². The van der Waals surface area contributed by atoms with Gasteiger partial charge in [0.1, 0.15) is 12.1 Å². The van der Waals surface area contributed by atoms with Crippen LogP contribution < -0.4 is 10.6 Å². The number of nitrogens with zero attached hydrogens (tertiary/aromatic N) is 1. The lowest BCUT2D eigenvalue weighted by atomic mass is 10.2. The Bertz CT molecular complexity index is 603. The van der Waals surface area contributed by atoms with E-state index in [9.17, 15) is 9.59 Å². The second-order valence-electron chi connectivity index (χ2n) is 5.93. The van der Waals surface area contributed by atoms with Gasteiger partial charge in [-0.1, -0.05) is 5.16 Å². The molecular weight excluding hydrogens is 306 g/mol. The van der Waals surface area contributed by atoms with Crippen molar-refractivity contribution < 1.29 is 19.5 Å². The number of amides is 2. The van der Waals surface area contributed by atoms with Crippen LogP contribution in [0.1, 0.15) is 43.7 Å². The van der Waals surface area contributed by atoms with Crippen LogP contribution in [0.3, 0.4) is 0 Å². The molecule has 22 heavy (non-hydrogen) atoms. The maximum atomic E-state index is 11.9. The molecule has 8 heteroatoms. The highest BCUT2D eigenvalue weighted by atomic mass is 32.1. The molecular formula is C14H19N3O4S. The lowest BCUT2D eigenvalue weighted by molar-refractivity contribution is -0.121. The van der Waals surface area contributed by atoms with E-state index in [4.69, 9.17) is 9.94 Å². The quantitative estimate of drug-likeness (QED) is 0.584. The fraction of sp³-hybridized carbons (Fsp3) is 0.500. The van der Waals surface area contributed by atoms with Crippen molar-refractivity contribution in [1.29, 1.82) is 0 Å². The minimum absolute atomic E-state index is 0.170. The maximum Gasteiger partial charge on any atom is 0.408 e. The van der Waals surface area contributed by atoms with Gasteiger partial charge in [0.25, 0.3) is 0 Å². The van der Waals surface area contributed by atoms with Gasteiger partial charge < -0.3 is 20.6 Å². The van der Waals surface area contributed by atoms with E-state index in [1.165, 1.54) is 11.3 Å². The van der Waals surface area contributed by atoms with Crippen molar-refractivity contribution in [2.45, 2.75) is 38.8 Å². The second-order valence-corrected chi connectivity index (χ2v) is 6.85. The van der Waals surface area contributed by atoms with E-state index >= 15 is 0 Å². The summed E-state index contributed by atoms with van der Waals surface area (Å²) in [5.74, 6) is -0.327. The van der Waals surface area contributed by atoms with Gasteiger partial charge in [-0.2, -0.15) is 0 Å². The van der Waals surface area contributed by atoms with Gasteiger partial charge in [-0.15, -0.1) is 11.3 Å². The number of carbonyl (C=O) groups excluding carboxylic acids is 2. The Balaban J connectivity index is 1.85. The van der Waals surface area contributed by atoms with E-state index in [2.05, 4.69) is 15.8 Å². The van der Waals surface area contributed by atoms with E-state index in [-0.39, 0.29) is 18.5 Å². The van der Waals surface area contributed by atoms with Crippen molar-refractivity contribution >= 4 is 29.0 Å². The normalized spacial score (nSPS) is 18.9. The standard InChI is InChI=1S/C14H19N3O4S/c1-14(2,3)21-13(19)15-7-11(18)16-9-6-10(17-20)12-8(9)4-5-22-12/h4-5,9,20H,6-7H2,1-3H3,(H,15,19)(H,16,18)/b17-10-/t9-/m1/s1. The molecule has 1 aromatic heterocycles. The van der Waals surface area contributed by atoms with Crippen LogP contribution in [0.2, 0.25) is 0 Å². The van der Waals surface area contributed by atoms with Gasteiger partial charge in [-0.3, -0.25) is 4.79 Å². The average molecular weight is 325 g/mol. The fourth-order valence-electron chi connectivity index (χ4n) is 2.15. The molecule has 0 spiro atoms. The van der Waals surface area contributed by atoms with Crippen molar-refractivity contribution in [3.63, 3.8) is 0 Å². The molecule has 1 aromatic rings. The van der Waals surface area contributed by atoms with E-state index in [0.29, 0.717) is 12.1 Å². The van der Waals surface area contributed by atoms with E-state index in [1.54, 1.807) is 20.8 Å². The molecule has 0 saturated heterocycles. The Labute approximate surface area is 132 Å². The summed E-state index contributed by atoms with van der Waals surface area (Å²) in [6.45, 7) is 5.08. The van der Waals surface area contributed by atoms with Crippen LogP contribution in [0, 0.1) is 0 Å². The SMILES string of the molecule is CC(C)(C)OC(=O)NCC(=O)N[C@@H]1C/C(=N/O)c2sccc21. The van der Waals surface area contributed by atoms with Crippen molar-refractivity contribution in [3.8, 4) is 0 Å². The first-order valence-electron chi connectivity index (χ1n) is 6.85. The van der Waals surface area contributed by atoms with Crippen LogP contribution in [0.15, 0.2) is 16.6 Å². The van der Waals surface area contributed by atoms with Crippen molar-refractivity contribution in [2.75, 3.05) is 6.54 Å². The maximum absolute atomic E-state index is 11.9. The number of hydrogen-bond donors (Lipinski definition) is 3. The zero-order valence-electron chi connectivity index (χ0n) is 12.7. The monoisotopic (exact) mass is 325 g/mol. The third kappa shape index (κ3) is 3.97. The van der Waals surface area contributed by atoms with Crippen LogP contribution in [0.5, 0.6) is 0 Å². The van der Waals surface area contributed by atoms with Crippen molar-refractivity contribution in [3.05, 3.63) is 21.9 Å². The van der Waals surface area contributed by atoms with Gasteiger partial charge in [-0.05, 0) is 37.8 Å². The lowest BCUT2D eigenvalue weighted by Crippen LogP contribution is -2.40. The molecule has 1 aliphatic rings. The minimum Gasteiger partial charge on any atom is -0.444 e. The smallest absolute Gasteiger partial charge is 0.408 e. The molecule has 0 aliphatic heterocycles. The molecule has 0 saturated carbocycles. The summed E-state index contributed by atoms with van der Waals surface area (Å²) in [5.41, 5.74) is 0.892. The molecule has 0 aromatic carbocycles. The van der Waals surface area contributed by atoms with Gasteiger partial charge in [-0.25, -0.2) is 4.79 Å². The number of hydrogen-bond acceptors (Lipinski definition) is 6. The Hall–Kier alpha value is -2.09. The molecule has 1 atom stereocenters. The summed E-state index contributed by atoms with van der Waals surface area (Å²) < 4.78 is 5.06. The van der Waals surface area contributed by atoms with Crippen LogP contribution in [-0.2, 0) is 9.53 Å². The highest BCUT2D eigenvalue weighted by molar-refractivity contribution is 7.12. The summed E-state index contributed by atoms with van der Waals surface area (Å²) in [6.07, 6.45) is -0.195. The number of alkyl carbamates (subject to hydrolysis) is 1. The van der Waals surface area contributed by atoms with E-state index in [0.717, 1.165) is 10.4 Å². The van der Waals surface area contributed by atoms with Crippen LogP contribution in [0.25, 0.3) is 0 Å². The number of thiophene rings is 1. The number of ether oxygens (including phenoxy) is 1. The molecule has 2 rings (SSSR count). The Morgan fingerprint density at radius 3 is 2.86 bits per heavy atom. The van der Waals surface area contributed by atoms with Gasteiger partial charge in [0, 0.05) is 6.42 Å². The van der Waals surface area contributed by atoms with Gasteiger partial charge in [0.15, 0.2) is 0 Å². The summed E-state index contributed by atoms with van der Waals surface area (Å²) in [5, 5.41) is 19.3. The fourth-order valence-corrected chi connectivity index (χ4v) is 3.11. The molecule has 120 valence electrons. The van der Waals surface area contributed by atoms with E-state index in [1.807, 2.05) is 11.4 Å². The molecule has 0 fully saturated rings. The number of rotatable bonds is 3. The number of fused-ring (bicyclic) bond motifs is 1. The predicted molar refractivity (Wildman–Crippen MR) is 82.4 cm³/mol. The van der Waals surface area contributed by atoms with Crippen LogP contribution >= 0.6 is 11.3 Å². The van der Waals surface area contributed by atoms with Crippen LogP contribution in [-0.4, -0.2) is 35.1 Å². The third-order valence-corrected chi connectivity index (χ3v) is 3.96. The zero-order valence-corrected chi connectivity index (χ0v) is 13.5. The van der Waals surface area contributed by atoms with Crippen molar-refractivity contribution in [2.24, 2.45) is 5.16 Å². The third-order valence-electron chi connectivity index (χ3n) is 2.98.